The molecule has 15 heteroatoms. The van der Waals surface area contributed by atoms with Gasteiger partial charge >= 0.3 is 7.60 Å². The van der Waals surface area contributed by atoms with Crippen LogP contribution in [-0.2, 0) is 19.1 Å². The van der Waals surface area contributed by atoms with Crippen LogP contribution in [0.15, 0.2) is 12.3 Å². The lowest BCUT2D eigenvalue weighted by atomic mass is 9.54. The van der Waals surface area contributed by atoms with Gasteiger partial charge in [-0.25, -0.2) is 13.4 Å². The average molecular weight is 561 g/mol. The van der Waals surface area contributed by atoms with Gasteiger partial charge in [0.25, 0.3) is 0 Å². The van der Waals surface area contributed by atoms with E-state index in [4.69, 9.17) is 26.1 Å². The van der Waals surface area contributed by atoms with E-state index in [1.165, 1.54) is 30.0 Å². The summed E-state index contributed by atoms with van der Waals surface area (Å²) in [6, 6.07) is 3.94. The summed E-state index contributed by atoms with van der Waals surface area (Å²) in [5, 5.41) is 34.7. The van der Waals surface area contributed by atoms with Crippen molar-refractivity contribution in [2.24, 2.45) is 5.41 Å². The molecule has 0 aromatic carbocycles. The number of anilines is 1. The van der Waals surface area contributed by atoms with Gasteiger partial charge in [-0.2, -0.15) is 5.26 Å². The second kappa shape index (κ2) is 8.92. The van der Waals surface area contributed by atoms with Crippen molar-refractivity contribution in [3.8, 4) is 6.07 Å². The van der Waals surface area contributed by atoms with Gasteiger partial charge in [0.15, 0.2) is 26.7 Å². The molecule has 4 atom stereocenters. The molecule has 5 N–H and O–H groups in total. The van der Waals surface area contributed by atoms with Crippen LogP contribution in [0.25, 0.3) is 11.0 Å². The highest BCUT2D eigenvalue weighted by Crippen LogP contribution is 2.56. The van der Waals surface area contributed by atoms with Crippen LogP contribution in [0.2, 0.25) is 5.15 Å². The molecule has 2 saturated carbocycles. The zero-order valence-electron chi connectivity index (χ0n) is 19.0. The van der Waals surface area contributed by atoms with Gasteiger partial charge in [0.2, 0.25) is 0 Å². The maximum absolute atomic E-state index is 12.2. The molecule has 0 amide bonds. The van der Waals surface area contributed by atoms with Gasteiger partial charge in [0, 0.05) is 17.6 Å². The van der Waals surface area contributed by atoms with Crippen LogP contribution in [0.5, 0.6) is 0 Å². The van der Waals surface area contributed by atoms with E-state index < -0.39 is 53.2 Å². The lowest BCUT2D eigenvalue weighted by Crippen LogP contribution is -2.49. The number of hydrogen-bond donors (Lipinski definition) is 5. The molecule has 0 bridgehead atoms. The standard InChI is InChI=1S/C21H26ClN4O8PS/c22-18-13(8-23)15(24-11-6-21(7-11)3-1-4-21)12-2-5-26(19(12)25-18)20-17(28)16(27)14(34-20)9-36(32,33)10-35(29,30)31/h2,5,11,14,16-17,20,27-28H,1,3-4,6-7,9-10H2,(H,24,25)(H2,29,30,31)/t14-,16-,17-,20-/m1/s1. The highest BCUT2D eigenvalue weighted by atomic mass is 35.5. The molecule has 1 saturated heterocycles. The second-order valence-corrected chi connectivity index (χ2v) is 14.6. The van der Waals surface area contributed by atoms with Crippen molar-refractivity contribution in [2.45, 2.75) is 62.7 Å². The fourth-order valence-electron chi connectivity index (χ4n) is 5.63. The first-order chi connectivity index (χ1) is 16.8. The number of aliphatic hydroxyl groups is 2. The summed E-state index contributed by atoms with van der Waals surface area (Å²) in [5.41, 5.74) is -0.0377. The average Bonchev–Trinajstić information content (AvgIpc) is 3.22. The maximum atomic E-state index is 12.2. The van der Waals surface area contributed by atoms with E-state index in [0.29, 0.717) is 16.5 Å². The Balaban J connectivity index is 1.42. The Morgan fingerprint density at radius 3 is 2.58 bits per heavy atom. The van der Waals surface area contributed by atoms with Gasteiger partial charge in [-0.05, 0) is 37.2 Å². The Morgan fingerprint density at radius 1 is 1.31 bits per heavy atom. The number of sulfone groups is 1. The molecule has 0 unspecified atom stereocenters. The molecule has 3 aliphatic rings. The number of nitrogens with one attached hydrogen (secondary N) is 1. The number of ether oxygens (including phenoxy) is 1. The number of pyridine rings is 1. The third-order valence-corrected chi connectivity index (χ3v) is 11.5. The predicted molar refractivity (Wildman–Crippen MR) is 129 cm³/mol. The summed E-state index contributed by atoms with van der Waals surface area (Å²) in [7, 11) is -9.17. The summed E-state index contributed by atoms with van der Waals surface area (Å²) >= 11 is 6.33. The zero-order chi connectivity index (χ0) is 26.0. The Morgan fingerprint density at radius 2 is 2.00 bits per heavy atom. The van der Waals surface area contributed by atoms with Crippen molar-refractivity contribution in [3.05, 3.63) is 23.0 Å². The van der Waals surface area contributed by atoms with E-state index in [-0.39, 0.29) is 22.4 Å². The van der Waals surface area contributed by atoms with Gasteiger partial charge in [-0.1, -0.05) is 18.0 Å². The molecule has 2 aliphatic carbocycles. The van der Waals surface area contributed by atoms with Crippen LogP contribution >= 0.6 is 19.2 Å². The molecule has 3 fully saturated rings. The number of nitrogens with zero attached hydrogens (tertiary/aromatic N) is 3. The smallest absolute Gasteiger partial charge is 0.340 e. The van der Waals surface area contributed by atoms with E-state index in [2.05, 4.69) is 16.4 Å². The van der Waals surface area contributed by atoms with Gasteiger partial charge in [0.1, 0.15) is 35.6 Å². The SMILES string of the molecule is N#Cc1c(Cl)nc2c(ccn2[C@@H]2O[C@H](CS(=O)(=O)CP(=O)(O)O)[C@@H](O)[C@H]2O)c1NC1CC2(CCC2)C1. The summed E-state index contributed by atoms with van der Waals surface area (Å²) < 4.78 is 42.6. The summed E-state index contributed by atoms with van der Waals surface area (Å²) in [5.74, 6) is -0.894. The number of aromatic nitrogens is 2. The lowest BCUT2D eigenvalue weighted by Gasteiger charge is -2.54. The first-order valence-electron chi connectivity index (χ1n) is 11.4. The zero-order valence-corrected chi connectivity index (χ0v) is 21.5. The van der Waals surface area contributed by atoms with Crippen LogP contribution in [-0.4, -0.2) is 73.6 Å². The molecule has 5 rings (SSSR count). The monoisotopic (exact) mass is 560 g/mol. The molecule has 2 aromatic rings. The summed E-state index contributed by atoms with van der Waals surface area (Å²) in [6.07, 6.45) is 1.31. The molecule has 3 heterocycles. The van der Waals surface area contributed by atoms with E-state index in [9.17, 15) is 28.5 Å². The number of halogens is 1. The molecule has 36 heavy (non-hydrogen) atoms. The number of rotatable bonds is 7. The number of hydrogen-bond acceptors (Lipinski definition) is 9. The Bertz CT molecular complexity index is 1390. The van der Waals surface area contributed by atoms with Crippen LogP contribution in [0.1, 0.15) is 43.9 Å². The number of aliphatic hydroxyl groups excluding tert-OH is 2. The molecule has 0 radical (unpaired) electrons. The summed E-state index contributed by atoms with van der Waals surface area (Å²) in [4.78, 5) is 22.3. The van der Waals surface area contributed by atoms with Crippen LogP contribution in [0, 0.1) is 16.7 Å². The van der Waals surface area contributed by atoms with Crippen molar-refractivity contribution in [2.75, 3.05) is 16.6 Å². The van der Waals surface area contributed by atoms with Crippen molar-refractivity contribution in [1.29, 1.82) is 5.26 Å². The predicted octanol–water partition coefficient (Wildman–Crippen LogP) is 1.48. The minimum absolute atomic E-state index is 0.0565. The highest BCUT2D eigenvalue weighted by Gasteiger charge is 2.49. The Kier molecular flexibility index (Phi) is 6.42. The van der Waals surface area contributed by atoms with Crippen molar-refractivity contribution in [1.82, 2.24) is 9.55 Å². The third-order valence-electron chi connectivity index (χ3n) is 7.44. The fraction of sp³-hybridized carbons (Fsp3) is 0.619. The number of nitriles is 1. The van der Waals surface area contributed by atoms with Crippen molar-refractivity contribution >= 4 is 45.8 Å². The van der Waals surface area contributed by atoms with E-state index in [1.807, 2.05) is 0 Å². The maximum Gasteiger partial charge on any atom is 0.340 e. The molecular formula is C21H26ClN4O8PS. The van der Waals surface area contributed by atoms with E-state index in [1.54, 1.807) is 6.07 Å². The second-order valence-electron chi connectivity index (χ2n) is 10.1. The van der Waals surface area contributed by atoms with Gasteiger partial charge in [-0.15, -0.1) is 0 Å². The minimum atomic E-state index is -4.86. The molecule has 1 spiro atoms. The Hall–Kier alpha value is -1.75. The Labute approximate surface area is 211 Å². The van der Waals surface area contributed by atoms with Crippen LogP contribution in [0.4, 0.5) is 5.69 Å². The van der Waals surface area contributed by atoms with E-state index >= 15 is 0 Å². The van der Waals surface area contributed by atoms with Crippen LogP contribution in [0.3, 0.4) is 0 Å². The topological polar surface area (TPSA) is 195 Å². The van der Waals surface area contributed by atoms with Gasteiger partial charge in [-0.3, -0.25) is 4.57 Å². The first-order valence-corrected chi connectivity index (χ1v) is 15.4. The molecule has 12 nitrogen and oxygen atoms in total. The largest absolute Gasteiger partial charge is 0.387 e. The lowest BCUT2D eigenvalue weighted by molar-refractivity contribution is -0.0288. The third kappa shape index (κ3) is 4.66. The minimum Gasteiger partial charge on any atom is -0.387 e. The van der Waals surface area contributed by atoms with Gasteiger partial charge < -0.3 is 34.6 Å². The quantitative estimate of drug-likeness (QED) is 0.243. The summed E-state index contributed by atoms with van der Waals surface area (Å²) in [6.45, 7) is 0. The van der Waals surface area contributed by atoms with Crippen LogP contribution < -0.4 is 5.32 Å². The van der Waals surface area contributed by atoms with Crippen molar-refractivity contribution < 1.29 is 37.7 Å². The number of fused-ring (bicyclic) bond motifs is 1. The van der Waals surface area contributed by atoms with E-state index in [0.717, 1.165) is 12.8 Å². The highest BCUT2D eigenvalue weighted by molar-refractivity contribution is 7.97. The molecule has 1 aliphatic heterocycles. The van der Waals surface area contributed by atoms with Crippen molar-refractivity contribution in [3.63, 3.8) is 0 Å². The molecular weight excluding hydrogens is 535 g/mol. The fourth-order valence-corrected chi connectivity index (χ4v) is 9.09. The normalized spacial score (nSPS) is 28.1. The first kappa shape index (κ1) is 25.9. The molecule has 196 valence electrons. The van der Waals surface area contributed by atoms with Gasteiger partial charge in [0.05, 0.1) is 11.4 Å². The molecule has 2 aromatic heterocycles.